The number of nitrogens with zero attached hydrogens (tertiary/aromatic N) is 1. The van der Waals surface area contributed by atoms with Gasteiger partial charge in [-0.25, -0.2) is 4.79 Å². The summed E-state index contributed by atoms with van der Waals surface area (Å²) in [5.74, 6) is -0.858. The normalized spacial score (nSPS) is 27.0. The van der Waals surface area contributed by atoms with Crippen molar-refractivity contribution in [2.24, 2.45) is 5.41 Å². The van der Waals surface area contributed by atoms with Crippen molar-refractivity contribution in [1.29, 1.82) is 0 Å². The van der Waals surface area contributed by atoms with Gasteiger partial charge in [0.1, 0.15) is 0 Å². The molecule has 0 aromatic carbocycles. The second kappa shape index (κ2) is 5.52. The maximum Gasteiger partial charge on any atom is 0.315 e. The fourth-order valence-corrected chi connectivity index (χ4v) is 2.63. The number of carboxylic acid groups (broad SMARTS) is 1. The Kier molecular flexibility index (Phi) is 3.96. The molecule has 1 aromatic rings. The third-order valence-electron chi connectivity index (χ3n) is 4.12. The Bertz CT molecular complexity index is 488. The van der Waals surface area contributed by atoms with Gasteiger partial charge in [-0.1, -0.05) is 6.42 Å². The van der Waals surface area contributed by atoms with Gasteiger partial charge in [0, 0.05) is 17.8 Å². The van der Waals surface area contributed by atoms with Crippen LogP contribution in [0, 0.1) is 5.41 Å². The molecule has 0 radical (unpaired) electrons. The second-order valence-corrected chi connectivity index (χ2v) is 5.54. The predicted octanol–water partition coefficient (Wildman–Crippen LogP) is 1.41. The molecule has 1 aliphatic rings. The molecule has 20 heavy (non-hydrogen) atoms. The minimum Gasteiger partial charge on any atom is -0.481 e. The molecule has 2 rings (SSSR count). The highest BCUT2D eigenvalue weighted by Crippen LogP contribution is 2.38. The number of aliphatic carboxylic acids is 1. The van der Waals surface area contributed by atoms with Crippen molar-refractivity contribution >= 4 is 12.0 Å². The molecule has 1 fully saturated rings. The summed E-state index contributed by atoms with van der Waals surface area (Å²) in [7, 11) is 0. The molecule has 1 aromatic heterocycles. The third-order valence-corrected chi connectivity index (χ3v) is 4.12. The lowest BCUT2D eigenvalue weighted by atomic mass is 9.85. The number of hydrogen-bond donors (Lipinski definition) is 4. The summed E-state index contributed by atoms with van der Waals surface area (Å²) < 4.78 is 0. The Labute approximate surface area is 117 Å². The molecular weight excluding hydrogens is 260 g/mol. The van der Waals surface area contributed by atoms with E-state index < -0.39 is 11.4 Å². The molecule has 0 saturated heterocycles. The molecule has 110 valence electrons. The van der Waals surface area contributed by atoms with Gasteiger partial charge in [0.05, 0.1) is 17.7 Å². The summed E-state index contributed by atoms with van der Waals surface area (Å²) >= 11 is 0. The highest BCUT2D eigenvalue weighted by Gasteiger charge is 2.45. The van der Waals surface area contributed by atoms with Crippen LogP contribution in [0.15, 0.2) is 12.4 Å². The van der Waals surface area contributed by atoms with Crippen LogP contribution in [0.25, 0.3) is 0 Å². The minimum absolute atomic E-state index is 0.189. The van der Waals surface area contributed by atoms with E-state index in [2.05, 4.69) is 20.8 Å². The van der Waals surface area contributed by atoms with E-state index in [0.29, 0.717) is 12.8 Å². The maximum absolute atomic E-state index is 12.0. The SMILES string of the molecule is CC(NC(=O)NC1CCCC1(C)C(=O)O)c1cn[nH]c1. The van der Waals surface area contributed by atoms with Gasteiger partial charge in [-0.05, 0) is 26.7 Å². The van der Waals surface area contributed by atoms with E-state index in [1.54, 1.807) is 19.3 Å². The van der Waals surface area contributed by atoms with E-state index in [1.807, 2.05) is 6.92 Å². The van der Waals surface area contributed by atoms with Crippen molar-refractivity contribution in [3.8, 4) is 0 Å². The summed E-state index contributed by atoms with van der Waals surface area (Å²) in [6.07, 6.45) is 5.44. The van der Waals surface area contributed by atoms with E-state index >= 15 is 0 Å². The Morgan fingerprint density at radius 2 is 2.35 bits per heavy atom. The van der Waals surface area contributed by atoms with E-state index in [0.717, 1.165) is 12.0 Å². The van der Waals surface area contributed by atoms with Gasteiger partial charge < -0.3 is 15.7 Å². The van der Waals surface area contributed by atoms with Crippen molar-refractivity contribution in [2.45, 2.75) is 45.2 Å². The monoisotopic (exact) mass is 280 g/mol. The molecule has 7 nitrogen and oxygen atoms in total. The van der Waals surface area contributed by atoms with Crippen LogP contribution in [0.3, 0.4) is 0 Å². The fourth-order valence-electron chi connectivity index (χ4n) is 2.63. The zero-order chi connectivity index (χ0) is 14.8. The van der Waals surface area contributed by atoms with Gasteiger partial charge in [0.2, 0.25) is 0 Å². The van der Waals surface area contributed by atoms with Crippen molar-refractivity contribution in [2.75, 3.05) is 0 Å². The zero-order valence-electron chi connectivity index (χ0n) is 11.6. The lowest BCUT2D eigenvalue weighted by Crippen LogP contribution is -2.50. The first-order valence-corrected chi connectivity index (χ1v) is 6.72. The molecule has 0 aliphatic heterocycles. The number of carboxylic acids is 1. The van der Waals surface area contributed by atoms with Gasteiger partial charge in [-0.2, -0.15) is 5.10 Å². The third kappa shape index (κ3) is 2.76. The van der Waals surface area contributed by atoms with Crippen molar-refractivity contribution < 1.29 is 14.7 Å². The average molecular weight is 280 g/mol. The van der Waals surface area contributed by atoms with E-state index in [1.165, 1.54) is 0 Å². The number of rotatable bonds is 4. The summed E-state index contributed by atoms with van der Waals surface area (Å²) in [6.45, 7) is 3.53. The number of hydrogen-bond acceptors (Lipinski definition) is 3. The predicted molar refractivity (Wildman–Crippen MR) is 72.1 cm³/mol. The number of nitrogens with one attached hydrogen (secondary N) is 3. The number of carbonyl (C=O) groups excluding carboxylic acids is 1. The number of amides is 2. The Hall–Kier alpha value is -2.05. The van der Waals surface area contributed by atoms with Crippen molar-refractivity contribution in [3.63, 3.8) is 0 Å². The van der Waals surface area contributed by atoms with Crippen LogP contribution in [-0.4, -0.2) is 33.3 Å². The van der Waals surface area contributed by atoms with Crippen molar-refractivity contribution in [1.82, 2.24) is 20.8 Å². The lowest BCUT2D eigenvalue weighted by molar-refractivity contribution is -0.148. The molecule has 3 unspecified atom stereocenters. The van der Waals surface area contributed by atoms with Crippen molar-refractivity contribution in [3.05, 3.63) is 18.0 Å². The van der Waals surface area contributed by atoms with E-state index in [4.69, 9.17) is 0 Å². The Morgan fingerprint density at radius 3 is 2.95 bits per heavy atom. The van der Waals surface area contributed by atoms with Crippen LogP contribution in [0.2, 0.25) is 0 Å². The second-order valence-electron chi connectivity index (χ2n) is 5.54. The Balaban J connectivity index is 1.93. The van der Waals surface area contributed by atoms with E-state index in [-0.39, 0.29) is 18.1 Å². The van der Waals surface area contributed by atoms with Gasteiger partial charge >= 0.3 is 12.0 Å². The number of aromatic amines is 1. The van der Waals surface area contributed by atoms with Crippen LogP contribution in [0.1, 0.15) is 44.7 Å². The van der Waals surface area contributed by atoms with Crippen LogP contribution < -0.4 is 10.6 Å². The Morgan fingerprint density at radius 1 is 1.60 bits per heavy atom. The number of H-pyrrole nitrogens is 1. The summed E-state index contributed by atoms with van der Waals surface area (Å²) in [6, 6.07) is -0.874. The molecule has 2 amide bonds. The fraction of sp³-hybridized carbons (Fsp3) is 0.615. The minimum atomic E-state index is -0.879. The zero-order valence-corrected chi connectivity index (χ0v) is 11.6. The highest BCUT2D eigenvalue weighted by molar-refractivity contribution is 5.79. The van der Waals surface area contributed by atoms with Gasteiger partial charge in [-0.15, -0.1) is 0 Å². The summed E-state index contributed by atoms with van der Waals surface area (Å²) in [4.78, 5) is 23.3. The first kappa shape index (κ1) is 14.4. The van der Waals surface area contributed by atoms with Crippen LogP contribution in [0.5, 0.6) is 0 Å². The molecular formula is C13H20N4O3. The maximum atomic E-state index is 12.0. The first-order chi connectivity index (χ1) is 9.43. The smallest absolute Gasteiger partial charge is 0.315 e. The van der Waals surface area contributed by atoms with Crippen LogP contribution >= 0.6 is 0 Å². The quantitative estimate of drug-likeness (QED) is 0.669. The topological polar surface area (TPSA) is 107 Å². The lowest BCUT2D eigenvalue weighted by Gasteiger charge is -2.28. The van der Waals surface area contributed by atoms with Crippen LogP contribution in [-0.2, 0) is 4.79 Å². The molecule has 7 heteroatoms. The molecule has 1 aliphatic carbocycles. The van der Waals surface area contributed by atoms with Gasteiger partial charge in [0.25, 0.3) is 0 Å². The first-order valence-electron chi connectivity index (χ1n) is 6.72. The average Bonchev–Trinajstić information content (AvgIpc) is 3.00. The number of aromatic nitrogens is 2. The molecule has 1 heterocycles. The summed E-state index contributed by atoms with van der Waals surface area (Å²) in [5.41, 5.74) is -0.0106. The van der Waals surface area contributed by atoms with Gasteiger partial charge in [-0.3, -0.25) is 9.89 Å². The largest absolute Gasteiger partial charge is 0.481 e. The summed E-state index contributed by atoms with van der Waals surface area (Å²) in [5, 5.41) is 21.4. The highest BCUT2D eigenvalue weighted by atomic mass is 16.4. The standard InChI is InChI=1S/C13H20N4O3/c1-8(9-6-14-15-7-9)16-12(20)17-10-4-3-5-13(10,2)11(18)19/h6-8,10H,3-5H2,1-2H3,(H,14,15)(H,18,19)(H2,16,17,20). The molecule has 4 N–H and O–H groups in total. The number of urea groups is 1. The van der Waals surface area contributed by atoms with Crippen LogP contribution in [0.4, 0.5) is 4.79 Å². The molecule has 0 spiro atoms. The van der Waals surface area contributed by atoms with E-state index in [9.17, 15) is 14.7 Å². The molecule has 0 bridgehead atoms. The van der Waals surface area contributed by atoms with Gasteiger partial charge in [0.15, 0.2) is 0 Å². The molecule has 1 saturated carbocycles. The molecule has 3 atom stereocenters. The number of carbonyl (C=O) groups is 2.